The maximum Gasteiger partial charge on any atom is 0.322 e. The normalized spacial score (nSPS) is 16.0. The molecule has 8 heteroatoms. The van der Waals surface area contributed by atoms with E-state index in [1.165, 1.54) is 31.0 Å². The number of fused-ring (bicyclic) bond motifs is 2. The molecular formula is C30H35N3O4S. The Morgan fingerprint density at radius 1 is 1.03 bits per heavy atom. The zero-order valence-electron chi connectivity index (χ0n) is 22.2. The minimum atomic E-state index is -3.49. The third kappa shape index (κ3) is 4.90. The molecule has 0 bridgehead atoms. The lowest BCUT2D eigenvalue weighted by Gasteiger charge is -2.25. The van der Waals surface area contributed by atoms with Crippen molar-refractivity contribution in [1.29, 1.82) is 0 Å². The molecule has 0 aromatic heterocycles. The van der Waals surface area contributed by atoms with Gasteiger partial charge in [-0.1, -0.05) is 37.1 Å². The summed E-state index contributed by atoms with van der Waals surface area (Å²) in [5.41, 5.74) is 6.57. The molecule has 2 N–H and O–H groups in total. The maximum absolute atomic E-state index is 13.4. The largest absolute Gasteiger partial charge is 0.494 e. The second-order valence-corrected chi connectivity index (χ2v) is 12.1. The van der Waals surface area contributed by atoms with Gasteiger partial charge >= 0.3 is 6.03 Å². The van der Waals surface area contributed by atoms with Crippen LogP contribution in [0.2, 0.25) is 0 Å². The van der Waals surface area contributed by atoms with Crippen molar-refractivity contribution >= 4 is 21.7 Å². The van der Waals surface area contributed by atoms with E-state index < -0.39 is 10.0 Å². The zero-order chi connectivity index (χ0) is 26.9. The molecule has 2 aliphatic rings. The first-order chi connectivity index (χ1) is 18.3. The first-order valence-corrected chi connectivity index (χ1v) is 14.7. The van der Waals surface area contributed by atoms with Gasteiger partial charge in [-0.25, -0.2) is 17.9 Å². The van der Waals surface area contributed by atoms with Crippen LogP contribution in [0.4, 0.5) is 10.5 Å². The fourth-order valence-electron chi connectivity index (χ4n) is 5.89. The molecule has 1 fully saturated rings. The molecule has 200 valence electrons. The Bertz CT molecular complexity index is 1440. The van der Waals surface area contributed by atoms with E-state index in [-0.39, 0.29) is 16.3 Å². The predicted molar refractivity (Wildman–Crippen MR) is 150 cm³/mol. The molecule has 0 atom stereocenters. The van der Waals surface area contributed by atoms with Gasteiger partial charge in [-0.3, -0.25) is 4.90 Å². The van der Waals surface area contributed by atoms with E-state index in [4.69, 9.17) is 4.74 Å². The Balaban J connectivity index is 1.38. The van der Waals surface area contributed by atoms with E-state index >= 15 is 0 Å². The number of hydrogen-bond acceptors (Lipinski definition) is 4. The van der Waals surface area contributed by atoms with Gasteiger partial charge in [0.2, 0.25) is 10.0 Å². The number of nitrogens with one attached hydrogen (secondary N) is 2. The average Bonchev–Trinajstić information content (AvgIpc) is 3.53. The van der Waals surface area contributed by atoms with Crippen LogP contribution in [0.15, 0.2) is 65.6 Å². The highest BCUT2D eigenvalue weighted by molar-refractivity contribution is 7.89. The van der Waals surface area contributed by atoms with Crippen LogP contribution in [0, 0.1) is 6.92 Å². The van der Waals surface area contributed by atoms with E-state index in [0.29, 0.717) is 19.7 Å². The molecular weight excluding hydrogens is 498 g/mol. The molecule has 0 unspecified atom stereocenters. The van der Waals surface area contributed by atoms with Crippen molar-refractivity contribution in [1.82, 2.24) is 10.0 Å². The molecule has 5 rings (SSSR count). The average molecular weight is 534 g/mol. The molecule has 1 saturated carbocycles. The lowest BCUT2D eigenvalue weighted by molar-refractivity contribution is 0.245. The van der Waals surface area contributed by atoms with Crippen LogP contribution in [-0.2, 0) is 22.0 Å². The van der Waals surface area contributed by atoms with Crippen LogP contribution >= 0.6 is 0 Å². The molecule has 0 saturated heterocycles. The van der Waals surface area contributed by atoms with Crippen molar-refractivity contribution in [3.05, 3.63) is 77.4 Å². The Labute approximate surface area is 225 Å². The lowest BCUT2D eigenvalue weighted by atomic mass is 9.79. The molecule has 1 heterocycles. The van der Waals surface area contributed by atoms with Crippen LogP contribution in [-0.4, -0.2) is 34.6 Å². The second-order valence-electron chi connectivity index (χ2n) is 10.2. The summed E-state index contributed by atoms with van der Waals surface area (Å²) in [6, 6.07) is 19.1. The molecule has 1 aliphatic heterocycles. The van der Waals surface area contributed by atoms with Crippen LogP contribution < -0.4 is 19.7 Å². The first kappa shape index (κ1) is 26.3. The molecule has 7 nitrogen and oxygen atoms in total. The summed E-state index contributed by atoms with van der Waals surface area (Å²) in [4.78, 5) is 15.5. The van der Waals surface area contributed by atoms with Crippen LogP contribution in [0.3, 0.4) is 0 Å². The fraction of sp³-hybridized carbons (Fsp3) is 0.367. The Hall–Kier alpha value is -3.36. The number of rotatable bonds is 7. The smallest absolute Gasteiger partial charge is 0.322 e. The molecule has 3 aromatic carbocycles. The highest BCUT2D eigenvalue weighted by Gasteiger charge is 2.46. The van der Waals surface area contributed by atoms with Gasteiger partial charge in [0.1, 0.15) is 5.75 Å². The van der Waals surface area contributed by atoms with Gasteiger partial charge < -0.3 is 10.1 Å². The summed E-state index contributed by atoms with van der Waals surface area (Å²) in [5, 5.41) is 3.04. The van der Waals surface area contributed by atoms with Crippen molar-refractivity contribution in [2.45, 2.75) is 56.4 Å². The molecule has 3 aromatic rings. The Morgan fingerprint density at radius 2 is 1.76 bits per heavy atom. The van der Waals surface area contributed by atoms with Crippen LogP contribution in [0.1, 0.15) is 49.3 Å². The van der Waals surface area contributed by atoms with Crippen molar-refractivity contribution in [3.8, 4) is 16.9 Å². The number of hydrogen-bond donors (Lipinski definition) is 2. The van der Waals surface area contributed by atoms with Gasteiger partial charge in [-0.05, 0) is 98.0 Å². The molecule has 0 radical (unpaired) electrons. The minimum Gasteiger partial charge on any atom is -0.494 e. The number of benzene rings is 3. The third-order valence-corrected chi connectivity index (χ3v) is 9.32. The topological polar surface area (TPSA) is 87.7 Å². The molecule has 1 spiro atoms. The van der Waals surface area contributed by atoms with E-state index in [2.05, 4.69) is 47.3 Å². The number of ether oxygens (including phenoxy) is 1. The summed E-state index contributed by atoms with van der Waals surface area (Å²) in [6.45, 7) is 5.74. The second kappa shape index (κ2) is 10.4. The summed E-state index contributed by atoms with van der Waals surface area (Å²) >= 11 is 0. The van der Waals surface area contributed by atoms with E-state index in [9.17, 15) is 13.2 Å². The summed E-state index contributed by atoms with van der Waals surface area (Å²) in [5.74, 6) is 0.878. The summed E-state index contributed by atoms with van der Waals surface area (Å²) in [6.07, 6.45) is 4.50. The number of sulfonamides is 1. The number of carbonyl (C=O) groups excluding carboxylic acids is 1. The van der Waals surface area contributed by atoms with E-state index in [1.54, 1.807) is 24.3 Å². The quantitative estimate of drug-likeness (QED) is 0.419. The minimum absolute atomic E-state index is 0.00892. The SMILES string of the molecule is CCOc1ccc(-c2ccc3c(c2)C2(CCCC2)CN3C(=O)NCc2ccc(S(=O)(=O)NC)cc2)c(C)c1. The van der Waals surface area contributed by atoms with Gasteiger partial charge in [0.25, 0.3) is 0 Å². The predicted octanol–water partition coefficient (Wildman–Crippen LogP) is 5.51. The van der Waals surface area contributed by atoms with Gasteiger partial charge in [0.15, 0.2) is 0 Å². The van der Waals surface area contributed by atoms with Crippen LogP contribution in [0.25, 0.3) is 11.1 Å². The molecule has 2 amide bonds. The van der Waals surface area contributed by atoms with Gasteiger partial charge in [0.05, 0.1) is 11.5 Å². The Morgan fingerprint density at radius 3 is 2.42 bits per heavy atom. The number of aryl methyl sites for hydroxylation is 1. The number of amides is 2. The monoisotopic (exact) mass is 533 g/mol. The van der Waals surface area contributed by atoms with Crippen molar-refractivity contribution in [2.75, 3.05) is 25.1 Å². The number of anilines is 1. The van der Waals surface area contributed by atoms with Gasteiger partial charge in [-0.2, -0.15) is 0 Å². The standard InChI is InChI=1S/C30H35N3O4S/c1-4-37-24-10-13-26(21(2)17-24)23-9-14-28-27(18-23)30(15-5-6-16-30)20-33(28)29(34)32-19-22-7-11-25(12-8-22)38(35,36)31-3/h7-14,17-18,31H,4-6,15-16,19-20H2,1-3H3,(H,32,34). The van der Waals surface area contributed by atoms with Gasteiger partial charge in [-0.15, -0.1) is 0 Å². The summed E-state index contributed by atoms with van der Waals surface area (Å²) < 4.78 is 31.9. The maximum atomic E-state index is 13.4. The third-order valence-electron chi connectivity index (χ3n) is 7.89. The highest BCUT2D eigenvalue weighted by atomic mass is 32.2. The summed E-state index contributed by atoms with van der Waals surface area (Å²) in [7, 11) is -2.10. The lowest BCUT2D eigenvalue weighted by Crippen LogP contribution is -2.41. The number of nitrogens with zero attached hydrogens (tertiary/aromatic N) is 1. The van der Waals surface area contributed by atoms with Crippen LogP contribution in [0.5, 0.6) is 5.75 Å². The van der Waals surface area contributed by atoms with E-state index in [1.807, 2.05) is 17.9 Å². The van der Waals surface area contributed by atoms with Crippen molar-refractivity contribution < 1.29 is 17.9 Å². The highest BCUT2D eigenvalue weighted by Crippen LogP contribution is 2.51. The zero-order valence-corrected chi connectivity index (χ0v) is 23.0. The molecule has 38 heavy (non-hydrogen) atoms. The van der Waals surface area contributed by atoms with Crippen molar-refractivity contribution in [2.24, 2.45) is 0 Å². The Kier molecular flexibility index (Phi) is 7.20. The first-order valence-electron chi connectivity index (χ1n) is 13.2. The van der Waals surface area contributed by atoms with Gasteiger partial charge in [0, 0.05) is 24.2 Å². The van der Waals surface area contributed by atoms with E-state index in [0.717, 1.165) is 41.0 Å². The number of urea groups is 1. The fourth-order valence-corrected chi connectivity index (χ4v) is 6.62. The molecule has 1 aliphatic carbocycles. The number of carbonyl (C=O) groups is 1. The van der Waals surface area contributed by atoms with Crippen molar-refractivity contribution in [3.63, 3.8) is 0 Å².